The van der Waals surface area contributed by atoms with Gasteiger partial charge >= 0.3 is 0 Å². The van der Waals surface area contributed by atoms with Crippen molar-refractivity contribution in [2.75, 3.05) is 26.2 Å². The lowest BCUT2D eigenvalue weighted by Crippen LogP contribution is -2.30. The smallest absolute Gasteiger partial charge is 0.157 e. The SMILES string of the molecule is c1cc(-c2nc3ccc(C4=NCCCN4)cc3[nH]2)nc(-c2nc3ccc(C4=NCCCN4)cc3[nH]2)c1.c1ccncc1. The molecular weight excluding hydrogens is 524 g/mol. The van der Waals surface area contributed by atoms with E-state index in [2.05, 4.69) is 59.8 Å². The molecule has 4 N–H and O–H groups in total. The normalized spacial score (nSPS) is 14.8. The quantitative estimate of drug-likeness (QED) is 0.249. The second kappa shape index (κ2) is 11.6. The van der Waals surface area contributed by atoms with Crippen molar-refractivity contribution in [3.63, 3.8) is 0 Å². The first-order valence-corrected chi connectivity index (χ1v) is 14.2. The number of hydrogen-bond acceptors (Lipinski definition) is 8. The number of imidazole rings is 2. The van der Waals surface area contributed by atoms with Gasteiger partial charge in [-0.05, 0) is 73.5 Å². The van der Waals surface area contributed by atoms with Crippen molar-refractivity contribution in [3.8, 4) is 23.0 Å². The monoisotopic (exact) mass is 554 g/mol. The van der Waals surface area contributed by atoms with Gasteiger partial charge in [-0.25, -0.2) is 15.0 Å². The summed E-state index contributed by atoms with van der Waals surface area (Å²) in [6.07, 6.45) is 5.64. The molecule has 0 amide bonds. The Morgan fingerprint density at radius 3 is 1.52 bits per heavy atom. The molecule has 0 saturated carbocycles. The summed E-state index contributed by atoms with van der Waals surface area (Å²) in [5.74, 6) is 3.34. The molecule has 6 aromatic rings. The van der Waals surface area contributed by atoms with Crippen LogP contribution in [0.4, 0.5) is 0 Å². The molecule has 0 saturated heterocycles. The first-order valence-electron chi connectivity index (χ1n) is 14.2. The second-order valence-corrected chi connectivity index (χ2v) is 10.1. The average molecular weight is 555 g/mol. The fourth-order valence-corrected chi connectivity index (χ4v) is 5.02. The Morgan fingerprint density at radius 1 is 0.548 bits per heavy atom. The zero-order valence-corrected chi connectivity index (χ0v) is 23.0. The molecule has 208 valence electrons. The Morgan fingerprint density at radius 2 is 1.10 bits per heavy atom. The number of hydrogen-bond donors (Lipinski definition) is 4. The molecule has 8 rings (SSSR count). The van der Waals surface area contributed by atoms with Crippen LogP contribution in [0, 0.1) is 0 Å². The fourth-order valence-electron chi connectivity index (χ4n) is 5.02. The van der Waals surface area contributed by atoms with Gasteiger partial charge in [0.15, 0.2) is 11.6 Å². The highest BCUT2D eigenvalue weighted by atomic mass is 15.0. The Kier molecular flexibility index (Phi) is 7.08. The largest absolute Gasteiger partial charge is 0.370 e. The van der Waals surface area contributed by atoms with Gasteiger partial charge in [0.2, 0.25) is 0 Å². The van der Waals surface area contributed by atoms with Crippen LogP contribution in [0.2, 0.25) is 0 Å². The lowest BCUT2D eigenvalue weighted by Gasteiger charge is -2.14. The van der Waals surface area contributed by atoms with E-state index in [4.69, 9.17) is 15.0 Å². The van der Waals surface area contributed by atoms with Gasteiger partial charge in [-0.2, -0.15) is 0 Å². The summed E-state index contributed by atoms with van der Waals surface area (Å²) < 4.78 is 0. The van der Waals surface area contributed by atoms with Crippen LogP contribution in [-0.2, 0) is 0 Å². The maximum Gasteiger partial charge on any atom is 0.157 e. The number of aromatic nitrogens is 6. The number of benzene rings is 2. The van der Waals surface area contributed by atoms with E-state index in [1.165, 1.54) is 0 Å². The summed E-state index contributed by atoms with van der Waals surface area (Å²) in [6.45, 7) is 3.63. The molecule has 2 aromatic carbocycles. The van der Waals surface area contributed by atoms with Crippen molar-refractivity contribution in [2.24, 2.45) is 9.98 Å². The van der Waals surface area contributed by atoms with E-state index in [-0.39, 0.29) is 0 Å². The minimum absolute atomic E-state index is 0.724. The highest BCUT2D eigenvalue weighted by Gasteiger charge is 2.14. The zero-order valence-electron chi connectivity index (χ0n) is 23.0. The number of fused-ring (bicyclic) bond motifs is 2. The molecule has 42 heavy (non-hydrogen) atoms. The van der Waals surface area contributed by atoms with Crippen LogP contribution in [0.5, 0.6) is 0 Å². The molecule has 0 aliphatic carbocycles. The Balaban J connectivity index is 0.000000430. The molecule has 0 spiro atoms. The van der Waals surface area contributed by atoms with Gasteiger partial charge in [-0.1, -0.05) is 12.1 Å². The van der Waals surface area contributed by atoms with Crippen LogP contribution in [-0.4, -0.2) is 67.8 Å². The summed E-state index contributed by atoms with van der Waals surface area (Å²) in [4.78, 5) is 34.3. The van der Waals surface area contributed by atoms with E-state index in [0.717, 1.165) is 107 Å². The van der Waals surface area contributed by atoms with Crippen LogP contribution in [0.25, 0.3) is 45.1 Å². The van der Waals surface area contributed by atoms with Gasteiger partial charge in [0.25, 0.3) is 0 Å². The van der Waals surface area contributed by atoms with Crippen LogP contribution < -0.4 is 10.6 Å². The number of amidine groups is 2. The van der Waals surface area contributed by atoms with E-state index in [1.54, 1.807) is 12.4 Å². The van der Waals surface area contributed by atoms with Crippen LogP contribution in [0.3, 0.4) is 0 Å². The third kappa shape index (κ3) is 5.46. The van der Waals surface area contributed by atoms with E-state index >= 15 is 0 Å². The lowest BCUT2D eigenvalue weighted by atomic mass is 10.1. The Bertz CT molecular complexity index is 1760. The van der Waals surface area contributed by atoms with Crippen LogP contribution in [0.15, 0.2) is 95.2 Å². The van der Waals surface area contributed by atoms with Crippen LogP contribution in [0.1, 0.15) is 24.0 Å². The summed E-state index contributed by atoms with van der Waals surface area (Å²) >= 11 is 0. The van der Waals surface area contributed by atoms with E-state index in [9.17, 15) is 0 Å². The summed E-state index contributed by atoms with van der Waals surface area (Å²) in [6, 6.07) is 24.0. The molecule has 0 fully saturated rings. The van der Waals surface area contributed by atoms with Gasteiger partial charge < -0.3 is 20.6 Å². The summed E-state index contributed by atoms with van der Waals surface area (Å²) in [7, 11) is 0. The molecule has 10 nitrogen and oxygen atoms in total. The number of pyridine rings is 2. The lowest BCUT2D eigenvalue weighted by molar-refractivity contribution is 0.742. The molecule has 0 unspecified atom stereocenters. The molecule has 10 heteroatoms. The first-order chi connectivity index (χ1) is 20.8. The minimum Gasteiger partial charge on any atom is -0.370 e. The third-order valence-corrected chi connectivity index (χ3v) is 7.11. The maximum atomic E-state index is 4.87. The van der Waals surface area contributed by atoms with Gasteiger partial charge in [-0.15, -0.1) is 0 Å². The number of aliphatic imine (C=N–C) groups is 2. The van der Waals surface area contributed by atoms with Gasteiger partial charge in [-0.3, -0.25) is 15.0 Å². The maximum absolute atomic E-state index is 4.87. The molecule has 6 heterocycles. The van der Waals surface area contributed by atoms with Crippen molar-refractivity contribution in [2.45, 2.75) is 12.8 Å². The number of aromatic amines is 2. The minimum atomic E-state index is 0.724. The molecule has 2 aliphatic rings. The summed E-state index contributed by atoms with van der Waals surface area (Å²) in [5.41, 5.74) is 7.37. The highest BCUT2D eigenvalue weighted by molar-refractivity contribution is 6.02. The van der Waals surface area contributed by atoms with Crippen molar-refractivity contribution in [1.29, 1.82) is 0 Å². The van der Waals surface area contributed by atoms with Gasteiger partial charge in [0.05, 0.1) is 22.1 Å². The molecule has 0 radical (unpaired) electrons. The number of nitrogens with zero attached hydrogens (tertiary/aromatic N) is 6. The molecule has 0 atom stereocenters. The van der Waals surface area contributed by atoms with Crippen molar-refractivity contribution >= 4 is 33.7 Å². The van der Waals surface area contributed by atoms with Gasteiger partial charge in [0, 0.05) is 49.7 Å². The molecule has 4 aromatic heterocycles. The number of rotatable bonds is 4. The number of H-pyrrole nitrogens is 2. The predicted molar refractivity (Wildman–Crippen MR) is 167 cm³/mol. The van der Waals surface area contributed by atoms with E-state index in [0.29, 0.717) is 0 Å². The Labute approximate surface area is 242 Å². The average Bonchev–Trinajstić information content (AvgIpc) is 3.71. The van der Waals surface area contributed by atoms with E-state index in [1.807, 2.05) is 48.5 Å². The van der Waals surface area contributed by atoms with Crippen molar-refractivity contribution in [1.82, 2.24) is 40.5 Å². The molecular formula is C32H30N10. The standard InChI is InChI=1S/C27H25N9.C5H5N/c1-4-20(26-33-18-8-6-16(14-22(18)35-26)24-28-10-2-11-29-24)32-21(5-1)27-34-19-9-7-17(15-23(19)36-27)25-30-12-3-13-31-25;1-2-4-6-5-3-1/h1,4-9,14-15H,2-3,10-13H2,(H,28,29)(H,30,31)(H,33,35)(H,34,36);1-5H. The zero-order chi connectivity index (χ0) is 28.1. The molecule has 2 aliphatic heterocycles. The molecule has 0 bridgehead atoms. The van der Waals surface area contributed by atoms with E-state index < -0.39 is 0 Å². The topological polar surface area (TPSA) is 132 Å². The first kappa shape index (κ1) is 25.6. The summed E-state index contributed by atoms with van der Waals surface area (Å²) in [5, 5.41) is 6.76. The van der Waals surface area contributed by atoms with Crippen molar-refractivity contribution < 1.29 is 0 Å². The fraction of sp³-hybridized carbons (Fsp3) is 0.188. The van der Waals surface area contributed by atoms with Crippen molar-refractivity contribution in [3.05, 3.63) is 96.3 Å². The Hall–Kier alpha value is -5.38. The third-order valence-electron chi connectivity index (χ3n) is 7.11. The second-order valence-electron chi connectivity index (χ2n) is 10.1. The predicted octanol–water partition coefficient (Wildman–Crippen LogP) is 4.73. The van der Waals surface area contributed by atoms with Gasteiger partial charge in [0.1, 0.15) is 23.1 Å². The van der Waals surface area contributed by atoms with Crippen LogP contribution >= 0.6 is 0 Å². The number of nitrogens with one attached hydrogen (secondary N) is 4. The highest BCUT2D eigenvalue weighted by Crippen LogP contribution is 2.25.